The average Bonchev–Trinajstić information content (AvgIpc) is 2.32. The minimum atomic E-state index is -0.191. The van der Waals surface area contributed by atoms with Crippen LogP contribution in [0.15, 0.2) is 27.8 Å². The summed E-state index contributed by atoms with van der Waals surface area (Å²) < 4.78 is 1.03. The minimum absolute atomic E-state index is 0.158. The molecule has 0 spiro atoms. The van der Waals surface area contributed by atoms with Gasteiger partial charge < -0.3 is 10.4 Å². The van der Waals surface area contributed by atoms with Gasteiger partial charge in [-0.1, -0.05) is 6.92 Å². The highest BCUT2D eigenvalue weighted by molar-refractivity contribution is 9.10. The van der Waals surface area contributed by atoms with Crippen LogP contribution < -0.4 is 5.32 Å². The van der Waals surface area contributed by atoms with Gasteiger partial charge in [0.15, 0.2) is 0 Å². The van der Waals surface area contributed by atoms with Crippen molar-refractivity contribution in [2.75, 3.05) is 18.9 Å². The monoisotopic (exact) mass is 318 g/mol. The molecule has 0 fully saturated rings. The summed E-state index contributed by atoms with van der Waals surface area (Å²) in [6, 6.07) is 3.90. The second kappa shape index (κ2) is 7.36. The number of halogens is 1. The molecule has 0 saturated carbocycles. The van der Waals surface area contributed by atoms with Crippen molar-refractivity contribution in [3.8, 4) is 0 Å². The molecule has 1 heterocycles. The van der Waals surface area contributed by atoms with E-state index >= 15 is 0 Å². The molecule has 17 heavy (non-hydrogen) atoms. The highest BCUT2D eigenvalue weighted by atomic mass is 79.9. The van der Waals surface area contributed by atoms with Gasteiger partial charge in [-0.3, -0.25) is 0 Å². The number of rotatable bonds is 7. The molecule has 0 aliphatic rings. The Hall–Kier alpha value is -0.100. The van der Waals surface area contributed by atoms with Crippen LogP contribution in [0.2, 0.25) is 0 Å². The van der Waals surface area contributed by atoms with Crippen LogP contribution in [0, 0.1) is 0 Å². The lowest BCUT2D eigenvalue weighted by molar-refractivity contribution is 0.173. The van der Waals surface area contributed by atoms with Gasteiger partial charge in [-0.25, -0.2) is 4.98 Å². The number of aliphatic hydroxyl groups excluding tert-OH is 1. The van der Waals surface area contributed by atoms with Crippen molar-refractivity contribution in [2.24, 2.45) is 0 Å². The molecular formula is C12H19BrN2OS. The van der Waals surface area contributed by atoms with Crippen molar-refractivity contribution >= 4 is 27.7 Å². The minimum Gasteiger partial charge on any atom is -0.394 e. The number of hydrogen-bond donors (Lipinski definition) is 2. The molecule has 1 rings (SSSR count). The molecule has 0 aliphatic heterocycles. The van der Waals surface area contributed by atoms with E-state index in [1.165, 1.54) is 0 Å². The highest BCUT2D eigenvalue weighted by Crippen LogP contribution is 2.26. The first-order valence-corrected chi connectivity index (χ1v) is 7.48. The zero-order chi connectivity index (χ0) is 12.7. The summed E-state index contributed by atoms with van der Waals surface area (Å²) in [7, 11) is 0. The van der Waals surface area contributed by atoms with Gasteiger partial charge in [-0.05, 0) is 48.0 Å². The Morgan fingerprint density at radius 2 is 2.35 bits per heavy atom. The summed E-state index contributed by atoms with van der Waals surface area (Å²) in [5, 5.41) is 13.7. The molecule has 1 aromatic rings. The fraction of sp³-hybridized carbons (Fsp3) is 0.583. The number of aromatic nitrogens is 1. The quantitative estimate of drug-likeness (QED) is 0.759. The van der Waals surface area contributed by atoms with Crippen molar-refractivity contribution in [3.05, 3.63) is 22.8 Å². The van der Waals surface area contributed by atoms with Crippen LogP contribution in [0.25, 0.3) is 0 Å². The number of pyridine rings is 1. The van der Waals surface area contributed by atoms with Gasteiger partial charge in [0.25, 0.3) is 0 Å². The molecule has 0 bridgehead atoms. The number of likely N-dealkylation sites (N-methyl/N-ethyl adjacent to an activating group) is 1. The molecule has 5 heteroatoms. The zero-order valence-corrected chi connectivity index (χ0v) is 12.6. The van der Waals surface area contributed by atoms with E-state index in [9.17, 15) is 5.11 Å². The largest absolute Gasteiger partial charge is 0.394 e. The van der Waals surface area contributed by atoms with E-state index in [1.54, 1.807) is 18.0 Å². The van der Waals surface area contributed by atoms with Gasteiger partial charge in [0.2, 0.25) is 0 Å². The highest BCUT2D eigenvalue weighted by Gasteiger charge is 2.21. The van der Waals surface area contributed by atoms with E-state index in [1.807, 2.05) is 19.1 Å². The van der Waals surface area contributed by atoms with Crippen LogP contribution >= 0.6 is 27.7 Å². The Kier molecular flexibility index (Phi) is 6.48. The van der Waals surface area contributed by atoms with Crippen LogP contribution in [-0.4, -0.2) is 34.5 Å². The van der Waals surface area contributed by atoms with E-state index in [2.05, 4.69) is 33.2 Å². The fourth-order valence-electron chi connectivity index (χ4n) is 1.50. The predicted molar refractivity (Wildman–Crippen MR) is 76.4 cm³/mol. The smallest absolute Gasteiger partial charge is 0.110 e. The Balaban J connectivity index is 2.44. The van der Waals surface area contributed by atoms with Crippen LogP contribution in [-0.2, 0) is 0 Å². The maximum atomic E-state index is 9.37. The summed E-state index contributed by atoms with van der Waals surface area (Å²) in [4.78, 5) is 4.30. The summed E-state index contributed by atoms with van der Waals surface area (Å²) in [5.41, 5.74) is -0.191. The third-order valence-electron chi connectivity index (χ3n) is 2.57. The molecule has 0 radical (unpaired) electrons. The first-order valence-electron chi connectivity index (χ1n) is 5.70. The molecule has 2 N–H and O–H groups in total. The summed E-state index contributed by atoms with van der Waals surface area (Å²) >= 11 is 5.18. The van der Waals surface area contributed by atoms with E-state index in [-0.39, 0.29) is 12.1 Å². The second-order valence-electron chi connectivity index (χ2n) is 4.14. The van der Waals surface area contributed by atoms with Crippen LogP contribution in [0.3, 0.4) is 0 Å². The Labute approximate surface area is 116 Å². The molecule has 1 unspecified atom stereocenters. The molecule has 0 aliphatic carbocycles. The standard InChI is InChI=1S/C12H19BrN2OS/c1-3-15-12(2,9-16)6-8-17-11-10(13)5-4-7-14-11/h4-5,7,15-16H,3,6,8-9H2,1-2H3. The van der Waals surface area contributed by atoms with Gasteiger partial charge in [0.1, 0.15) is 5.03 Å². The van der Waals surface area contributed by atoms with Gasteiger partial charge in [0, 0.05) is 22.0 Å². The van der Waals surface area contributed by atoms with Crippen molar-refractivity contribution < 1.29 is 5.11 Å². The molecule has 3 nitrogen and oxygen atoms in total. The lowest BCUT2D eigenvalue weighted by Gasteiger charge is -2.28. The SMILES string of the molecule is CCNC(C)(CO)CCSc1ncccc1Br. The summed E-state index contributed by atoms with van der Waals surface area (Å²) in [5.74, 6) is 0.930. The summed E-state index contributed by atoms with van der Waals surface area (Å²) in [6.45, 7) is 5.13. The molecular weight excluding hydrogens is 300 g/mol. The number of nitrogens with zero attached hydrogens (tertiary/aromatic N) is 1. The van der Waals surface area contributed by atoms with Crippen LogP contribution in [0.5, 0.6) is 0 Å². The van der Waals surface area contributed by atoms with Gasteiger partial charge >= 0.3 is 0 Å². The first kappa shape index (κ1) is 15.0. The third kappa shape index (κ3) is 4.95. The Morgan fingerprint density at radius 3 is 2.94 bits per heavy atom. The molecule has 0 aromatic carbocycles. The number of thioether (sulfide) groups is 1. The van der Waals surface area contributed by atoms with Gasteiger partial charge in [-0.15, -0.1) is 11.8 Å². The van der Waals surface area contributed by atoms with E-state index in [4.69, 9.17) is 0 Å². The van der Waals surface area contributed by atoms with Crippen molar-refractivity contribution in [1.29, 1.82) is 0 Å². The predicted octanol–water partition coefficient (Wildman–Crippen LogP) is 2.69. The molecule has 1 aromatic heterocycles. The van der Waals surface area contributed by atoms with E-state index in [0.717, 1.165) is 28.2 Å². The van der Waals surface area contributed by atoms with Crippen molar-refractivity contribution in [3.63, 3.8) is 0 Å². The molecule has 0 amide bonds. The van der Waals surface area contributed by atoms with E-state index in [0.29, 0.717) is 0 Å². The third-order valence-corrected chi connectivity index (χ3v) is 4.48. The lowest BCUT2D eigenvalue weighted by atomic mass is 10.0. The molecule has 96 valence electrons. The topological polar surface area (TPSA) is 45.1 Å². The average molecular weight is 319 g/mol. The fourth-order valence-corrected chi connectivity index (χ4v) is 3.19. The second-order valence-corrected chi connectivity index (χ2v) is 6.08. The van der Waals surface area contributed by atoms with Gasteiger partial charge in [-0.2, -0.15) is 0 Å². The van der Waals surface area contributed by atoms with Crippen molar-refractivity contribution in [2.45, 2.75) is 30.8 Å². The Bertz CT molecular complexity index is 351. The lowest BCUT2D eigenvalue weighted by Crippen LogP contribution is -2.46. The first-order chi connectivity index (χ1) is 8.11. The molecule has 0 saturated heterocycles. The summed E-state index contributed by atoms with van der Waals surface area (Å²) in [6.07, 6.45) is 2.70. The van der Waals surface area contributed by atoms with Crippen LogP contribution in [0.1, 0.15) is 20.3 Å². The van der Waals surface area contributed by atoms with Crippen LogP contribution in [0.4, 0.5) is 0 Å². The normalized spacial score (nSPS) is 14.6. The number of aliphatic hydroxyl groups is 1. The number of nitrogens with one attached hydrogen (secondary N) is 1. The number of hydrogen-bond acceptors (Lipinski definition) is 4. The van der Waals surface area contributed by atoms with Gasteiger partial charge in [0.05, 0.1) is 6.61 Å². The molecule has 1 atom stereocenters. The van der Waals surface area contributed by atoms with E-state index < -0.39 is 0 Å². The van der Waals surface area contributed by atoms with Crippen molar-refractivity contribution in [1.82, 2.24) is 10.3 Å². The maximum absolute atomic E-state index is 9.37. The Morgan fingerprint density at radius 1 is 1.59 bits per heavy atom. The zero-order valence-electron chi connectivity index (χ0n) is 10.2. The maximum Gasteiger partial charge on any atom is 0.110 e.